The lowest BCUT2D eigenvalue weighted by atomic mass is 10.1. The smallest absolute Gasteiger partial charge is 0.226 e. The number of carbonyl (C=O) groups excluding carboxylic acids is 1. The highest BCUT2D eigenvalue weighted by Gasteiger charge is 2.06. The average molecular weight is 253 g/mol. The molecule has 0 aromatic heterocycles. The van der Waals surface area contributed by atoms with Gasteiger partial charge in [-0.1, -0.05) is 50.2 Å². The maximum absolute atomic E-state index is 11.6. The molecule has 2 nitrogen and oxygen atoms in total. The second-order valence-corrected chi connectivity index (χ2v) is 5.08. The van der Waals surface area contributed by atoms with Crippen LogP contribution in [0.1, 0.15) is 26.3 Å². The Morgan fingerprint density at radius 1 is 1.11 bits per heavy atom. The molecule has 0 bridgehead atoms. The molecule has 0 heterocycles. The molecule has 0 aliphatic carbocycles. The Bertz CT molecular complexity index is 626. The monoisotopic (exact) mass is 253 g/mol. The van der Waals surface area contributed by atoms with Gasteiger partial charge in [-0.3, -0.25) is 4.79 Å². The van der Waals surface area contributed by atoms with Gasteiger partial charge in [0.2, 0.25) is 5.91 Å². The van der Waals surface area contributed by atoms with Crippen LogP contribution in [0.3, 0.4) is 0 Å². The van der Waals surface area contributed by atoms with E-state index in [4.69, 9.17) is 0 Å². The van der Waals surface area contributed by atoms with E-state index in [1.165, 1.54) is 10.8 Å². The summed E-state index contributed by atoms with van der Waals surface area (Å²) in [5.41, 5.74) is 1.97. The molecular formula is C17H19NO. The highest BCUT2D eigenvalue weighted by Crippen LogP contribution is 2.17. The van der Waals surface area contributed by atoms with Crippen molar-refractivity contribution < 1.29 is 4.79 Å². The van der Waals surface area contributed by atoms with E-state index in [1.807, 2.05) is 39.0 Å². The van der Waals surface area contributed by atoms with Crippen molar-refractivity contribution in [3.63, 3.8) is 0 Å². The van der Waals surface area contributed by atoms with Crippen molar-refractivity contribution in [2.24, 2.45) is 5.92 Å². The molecule has 2 heteroatoms. The highest BCUT2D eigenvalue weighted by molar-refractivity contribution is 5.85. The summed E-state index contributed by atoms with van der Waals surface area (Å²) >= 11 is 0. The zero-order valence-electron chi connectivity index (χ0n) is 11.6. The molecule has 0 saturated carbocycles. The molecule has 19 heavy (non-hydrogen) atoms. The zero-order chi connectivity index (χ0) is 13.8. The van der Waals surface area contributed by atoms with E-state index in [-0.39, 0.29) is 11.8 Å². The second-order valence-electron chi connectivity index (χ2n) is 5.08. The van der Waals surface area contributed by atoms with Crippen LogP contribution in [-0.4, -0.2) is 5.91 Å². The second kappa shape index (κ2) is 5.70. The molecule has 0 radical (unpaired) electrons. The number of allylic oxidation sites excluding steroid dienone is 1. The molecule has 0 saturated heterocycles. The first kappa shape index (κ1) is 13.3. The number of carbonyl (C=O) groups is 1. The molecule has 0 aliphatic heterocycles. The standard InChI is InChI=1S/C17H19NO/c1-12(2)17(19)18-13(3)10-14-8-9-15-6-4-5-7-16(15)11-14/h4-12H,1-3H3,(H,18,19)/b13-10-. The molecule has 1 N–H and O–H groups in total. The fourth-order valence-corrected chi connectivity index (χ4v) is 1.92. The maximum Gasteiger partial charge on any atom is 0.226 e. The van der Waals surface area contributed by atoms with Crippen LogP contribution in [-0.2, 0) is 4.79 Å². The minimum atomic E-state index is -0.0000431. The molecular weight excluding hydrogens is 234 g/mol. The molecule has 0 fully saturated rings. The predicted octanol–water partition coefficient (Wildman–Crippen LogP) is 3.97. The summed E-state index contributed by atoms with van der Waals surface area (Å²) in [5, 5.41) is 5.33. The van der Waals surface area contributed by atoms with Crippen LogP contribution in [0.5, 0.6) is 0 Å². The van der Waals surface area contributed by atoms with Crippen molar-refractivity contribution >= 4 is 22.8 Å². The van der Waals surface area contributed by atoms with Crippen LogP contribution in [0.15, 0.2) is 48.2 Å². The van der Waals surface area contributed by atoms with Gasteiger partial charge in [0.1, 0.15) is 0 Å². The third-order valence-electron chi connectivity index (χ3n) is 3.00. The van der Waals surface area contributed by atoms with Gasteiger partial charge in [-0.2, -0.15) is 0 Å². The van der Waals surface area contributed by atoms with Crippen molar-refractivity contribution in [3.05, 3.63) is 53.7 Å². The van der Waals surface area contributed by atoms with Gasteiger partial charge in [0.15, 0.2) is 0 Å². The van der Waals surface area contributed by atoms with Gasteiger partial charge < -0.3 is 5.32 Å². The third-order valence-corrected chi connectivity index (χ3v) is 3.00. The minimum absolute atomic E-state index is 0.0000431. The number of fused-ring (bicyclic) bond motifs is 1. The molecule has 2 aromatic carbocycles. The first-order valence-corrected chi connectivity index (χ1v) is 6.54. The Morgan fingerprint density at radius 3 is 2.47 bits per heavy atom. The fraction of sp³-hybridized carbons (Fsp3) is 0.235. The van der Waals surface area contributed by atoms with Gasteiger partial charge in [0, 0.05) is 11.6 Å². The Labute approximate surface area is 114 Å². The van der Waals surface area contributed by atoms with E-state index < -0.39 is 0 Å². The van der Waals surface area contributed by atoms with Gasteiger partial charge in [0.25, 0.3) is 0 Å². The average Bonchev–Trinajstić information content (AvgIpc) is 2.38. The van der Waals surface area contributed by atoms with Gasteiger partial charge in [-0.15, -0.1) is 0 Å². The first-order valence-electron chi connectivity index (χ1n) is 6.54. The normalized spacial score (nSPS) is 11.9. The van der Waals surface area contributed by atoms with Gasteiger partial charge in [0.05, 0.1) is 0 Å². The minimum Gasteiger partial charge on any atom is -0.330 e. The van der Waals surface area contributed by atoms with E-state index in [1.54, 1.807) is 0 Å². The lowest BCUT2D eigenvalue weighted by Crippen LogP contribution is -2.25. The molecule has 0 atom stereocenters. The number of rotatable bonds is 3. The zero-order valence-corrected chi connectivity index (χ0v) is 11.6. The summed E-state index contributed by atoms with van der Waals surface area (Å²) in [6, 6.07) is 14.5. The van der Waals surface area contributed by atoms with E-state index in [0.717, 1.165) is 11.3 Å². The molecule has 2 aromatic rings. The van der Waals surface area contributed by atoms with Crippen molar-refractivity contribution in [2.75, 3.05) is 0 Å². The van der Waals surface area contributed by atoms with Crippen LogP contribution in [0.4, 0.5) is 0 Å². The summed E-state index contributed by atoms with van der Waals surface area (Å²) in [7, 11) is 0. The van der Waals surface area contributed by atoms with Crippen LogP contribution < -0.4 is 5.32 Å². The molecule has 0 aliphatic rings. The van der Waals surface area contributed by atoms with Crippen molar-refractivity contribution in [3.8, 4) is 0 Å². The highest BCUT2D eigenvalue weighted by atomic mass is 16.1. The lowest BCUT2D eigenvalue weighted by Gasteiger charge is -2.08. The summed E-state index contributed by atoms with van der Waals surface area (Å²) in [6.07, 6.45) is 1.99. The third kappa shape index (κ3) is 3.44. The van der Waals surface area contributed by atoms with E-state index >= 15 is 0 Å². The summed E-state index contributed by atoms with van der Waals surface area (Å²) < 4.78 is 0. The summed E-state index contributed by atoms with van der Waals surface area (Å²) in [4.78, 5) is 11.6. The van der Waals surface area contributed by atoms with Crippen LogP contribution >= 0.6 is 0 Å². The Morgan fingerprint density at radius 2 is 1.79 bits per heavy atom. The lowest BCUT2D eigenvalue weighted by molar-refractivity contribution is -0.123. The van der Waals surface area contributed by atoms with Crippen LogP contribution in [0.2, 0.25) is 0 Å². The molecule has 1 amide bonds. The SMILES string of the molecule is C/C(=C/c1ccc2ccccc2c1)NC(=O)C(C)C. The number of hydrogen-bond acceptors (Lipinski definition) is 1. The number of hydrogen-bond donors (Lipinski definition) is 1. The molecule has 0 unspecified atom stereocenters. The van der Waals surface area contributed by atoms with Gasteiger partial charge in [-0.25, -0.2) is 0 Å². The van der Waals surface area contributed by atoms with Crippen molar-refractivity contribution in [2.45, 2.75) is 20.8 Å². The topological polar surface area (TPSA) is 29.1 Å². The molecule has 98 valence electrons. The van der Waals surface area contributed by atoms with Gasteiger partial charge >= 0.3 is 0 Å². The predicted molar refractivity (Wildman–Crippen MR) is 80.6 cm³/mol. The van der Waals surface area contributed by atoms with E-state index in [2.05, 4.69) is 35.6 Å². The number of nitrogens with one attached hydrogen (secondary N) is 1. The Hall–Kier alpha value is -2.09. The van der Waals surface area contributed by atoms with E-state index in [0.29, 0.717) is 0 Å². The van der Waals surface area contributed by atoms with Crippen molar-refractivity contribution in [1.29, 1.82) is 0 Å². The van der Waals surface area contributed by atoms with Crippen LogP contribution in [0, 0.1) is 5.92 Å². The van der Waals surface area contributed by atoms with Gasteiger partial charge in [-0.05, 0) is 35.4 Å². The Kier molecular flexibility index (Phi) is 4.00. The number of benzene rings is 2. The summed E-state index contributed by atoms with van der Waals surface area (Å²) in [6.45, 7) is 5.69. The first-order chi connectivity index (χ1) is 9.06. The quantitative estimate of drug-likeness (QED) is 0.881. The molecule has 2 rings (SSSR count). The van der Waals surface area contributed by atoms with Crippen LogP contribution in [0.25, 0.3) is 16.8 Å². The maximum atomic E-state index is 11.6. The van der Waals surface area contributed by atoms with E-state index in [9.17, 15) is 4.79 Å². The fourth-order valence-electron chi connectivity index (χ4n) is 1.92. The summed E-state index contributed by atoms with van der Waals surface area (Å²) in [5.74, 6) is 0.0505. The largest absolute Gasteiger partial charge is 0.330 e. The molecule has 0 spiro atoms. The Balaban J connectivity index is 2.22. The number of amides is 1. The van der Waals surface area contributed by atoms with Crippen molar-refractivity contribution in [1.82, 2.24) is 5.32 Å².